The van der Waals surface area contributed by atoms with E-state index in [0.717, 1.165) is 0 Å². The Bertz CT molecular complexity index is 676. The number of hydrogen-bond donors (Lipinski definition) is 1. The molecule has 116 valence electrons. The molecule has 1 unspecified atom stereocenters. The van der Waals surface area contributed by atoms with Crippen molar-refractivity contribution in [3.05, 3.63) is 52.5 Å². The van der Waals surface area contributed by atoms with Crippen molar-refractivity contribution < 1.29 is 14.3 Å². The molecule has 0 aromatic heterocycles. The fourth-order valence-electron chi connectivity index (χ4n) is 1.77. The van der Waals surface area contributed by atoms with Crippen molar-refractivity contribution in [2.24, 2.45) is 0 Å². The van der Waals surface area contributed by atoms with E-state index < -0.39 is 6.10 Å². The van der Waals surface area contributed by atoms with Crippen molar-refractivity contribution in [2.45, 2.75) is 13.0 Å². The molecule has 0 aliphatic carbocycles. The number of methoxy groups -OCH3 is 1. The maximum absolute atomic E-state index is 12.1. The zero-order chi connectivity index (χ0) is 16.1. The maximum atomic E-state index is 12.1. The molecule has 2 aromatic carbocycles. The van der Waals surface area contributed by atoms with Gasteiger partial charge in [0.15, 0.2) is 6.10 Å². The zero-order valence-corrected chi connectivity index (χ0v) is 13.6. The standard InChI is InChI=1S/C16H15Cl2NO3/c1-10(22-15-6-4-3-5-12(15)17)16(20)19-11-7-8-14(21-2)13(18)9-11/h3-10H,1-2H3,(H,19,20). The summed E-state index contributed by atoms with van der Waals surface area (Å²) in [7, 11) is 1.53. The Kier molecular flexibility index (Phi) is 5.52. The summed E-state index contributed by atoms with van der Waals surface area (Å²) in [6, 6.07) is 12.0. The number of para-hydroxylation sites is 1. The van der Waals surface area contributed by atoms with Gasteiger partial charge in [-0.3, -0.25) is 4.79 Å². The molecule has 0 saturated heterocycles. The van der Waals surface area contributed by atoms with E-state index in [1.54, 1.807) is 49.4 Å². The minimum Gasteiger partial charge on any atom is -0.495 e. The van der Waals surface area contributed by atoms with Gasteiger partial charge in [-0.05, 0) is 37.3 Å². The van der Waals surface area contributed by atoms with Crippen molar-refractivity contribution in [3.63, 3.8) is 0 Å². The van der Waals surface area contributed by atoms with Crippen LogP contribution in [0.1, 0.15) is 6.92 Å². The van der Waals surface area contributed by atoms with Crippen LogP contribution in [-0.4, -0.2) is 19.1 Å². The average Bonchev–Trinajstić information content (AvgIpc) is 2.49. The molecule has 0 saturated carbocycles. The second-order valence-electron chi connectivity index (χ2n) is 4.53. The van der Waals surface area contributed by atoms with Gasteiger partial charge in [0.1, 0.15) is 11.5 Å². The molecular weight excluding hydrogens is 325 g/mol. The summed E-state index contributed by atoms with van der Waals surface area (Å²) in [5.41, 5.74) is 0.561. The molecule has 0 radical (unpaired) electrons. The molecule has 1 amide bonds. The molecule has 0 heterocycles. The SMILES string of the molecule is COc1ccc(NC(=O)C(C)Oc2ccccc2Cl)cc1Cl. The Morgan fingerprint density at radius 1 is 1.09 bits per heavy atom. The van der Waals surface area contributed by atoms with Crippen LogP contribution in [0.4, 0.5) is 5.69 Å². The van der Waals surface area contributed by atoms with Crippen LogP contribution < -0.4 is 14.8 Å². The fraction of sp³-hybridized carbons (Fsp3) is 0.188. The van der Waals surface area contributed by atoms with Gasteiger partial charge in [0, 0.05) is 5.69 Å². The molecule has 0 fully saturated rings. The zero-order valence-electron chi connectivity index (χ0n) is 12.1. The number of rotatable bonds is 5. The molecule has 0 aliphatic heterocycles. The van der Waals surface area contributed by atoms with Crippen LogP contribution in [0.15, 0.2) is 42.5 Å². The number of ether oxygens (including phenoxy) is 2. The Labute approximate surface area is 138 Å². The highest BCUT2D eigenvalue weighted by atomic mass is 35.5. The molecule has 2 aromatic rings. The summed E-state index contributed by atoms with van der Waals surface area (Å²) in [6.07, 6.45) is -0.708. The van der Waals surface area contributed by atoms with E-state index >= 15 is 0 Å². The molecule has 1 atom stereocenters. The van der Waals surface area contributed by atoms with E-state index in [0.29, 0.717) is 27.2 Å². The molecule has 0 spiro atoms. The number of carbonyl (C=O) groups excluding carboxylic acids is 1. The minimum absolute atomic E-state index is 0.304. The normalized spacial score (nSPS) is 11.6. The highest BCUT2D eigenvalue weighted by Gasteiger charge is 2.16. The first kappa shape index (κ1) is 16.5. The van der Waals surface area contributed by atoms with Gasteiger partial charge < -0.3 is 14.8 Å². The third-order valence-corrected chi connectivity index (χ3v) is 3.54. The molecule has 0 aliphatic rings. The van der Waals surface area contributed by atoms with Crippen molar-refractivity contribution in [1.29, 1.82) is 0 Å². The highest BCUT2D eigenvalue weighted by molar-refractivity contribution is 6.32. The third-order valence-electron chi connectivity index (χ3n) is 2.93. The van der Waals surface area contributed by atoms with Gasteiger partial charge in [-0.25, -0.2) is 0 Å². The van der Waals surface area contributed by atoms with Gasteiger partial charge in [-0.15, -0.1) is 0 Å². The van der Waals surface area contributed by atoms with Crippen molar-refractivity contribution in [2.75, 3.05) is 12.4 Å². The number of amides is 1. The van der Waals surface area contributed by atoms with E-state index in [9.17, 15) is 4.79 Å². The molecule has 6 heteroatoms. The Balaban J connectivity index is 2.02. The number of hydrogen-bond acceptors (Lipinski definition) is 3. The summed E-state index contributed by atoms with van der Waals surface area (Å²) >= 11 is 12.0. The summed E-state index contributed by atoms with van der Waals surface area (Å²) < 4.78 is 10.6. The predicted molar refractivity (Wildman–Crippen MR) is 88.2 cm³/mol. The first-order valence-corrected chi connectivity index (χ1v) is 7.32. The molecule has 4 nitrogen and oxygen atoms in total. The second-order valence-corrected chi connectivity index (χ2v) is 5.34. The van der Waals surface area contributed by atoms with Gasteiger partial charge in [0.05, 0.1) is 17.2 Å². The van der Waals surface area contributed by atoms with Crippen LogP contribution in [0.5, 0.6) is 11.5 Å². The van der Waals surface area contributed by atoms with E-state index in [1.165, 1.54) is 7.11 Å². The highest BCUT2D eigenvalue weighted by Crippen LogP contribution is 2.28. The van der Waals surface area contributed by atoms with Crippen LogP contribution in [0, 0.1) is 0 Å². The second kappa shape index (κ2) is 7.38. The van der Waals surface area contributed by atoms with Gasteiger partial charge in [-0.1, -0.05) is 35.3 Å². The van der Waals surface area contributed by atoms with Crippen LogP contribution in [0.2, 0.25) is 10.0 Å². The van der Waals surface area contributed by atoms with Crippen LogP contribution in [0.25, 0.3) is 0 Å². The van der Waals surface area contributed by atoms with E-state index in [-0.39, 0.29) is 5.91 Å². The Morgan fingerprint density at radius 3 is 2.45 bits per heavy atom. The van der Waals surface area contributed by atoms with Crippen molar-refractivity contribution in [3.8, 4) is 11.5 Å². The monoisotopic (exact) mass is 339 g/mol. The summed E-state index contributed by atoms with van der Waals surface area (Å²) in [6.45, 7) is 1.64. The number of benzene rings is 2. The predicted octanol–water partition coefficient (Wildman–Crippen LogP) is 4.41. The Morgan fingerprint density at radius 2 is 1.82 bits per heavy atom. The topological polar surface area (TPSA) is 47.6 Å². The third kappa shape index (κ3) is 4.06. The van der Waals surface area contributed by atoms with Gasteiger partial charge >= 0.3 is 0 Å². The lowest BCUT2D eigenvalue weighted by atomic mass is 10.2. The van der Waals surface area contributed by atoms with Gasteiger partial charge in [-0.2, -0.15) is 0 Å². The molecule has 0 bridgehead atoms. The van der Waals surface area contributed by atoms with Gasteiger partial charge in [0.25, 0.3) is 5.91 Å². The number of nitrogens with one attached hydrogen (secondary N) is 1. The molecule has 22 heavy (non-hydrogen) atoms. The quantitative estimate of drug-likeness (QED) is 0.877. The summed E-state index contributed by atoms with van der Waals surface area (Å²) in [5.74, 6) is 0.695. The van der Waals surface area contributed by atoms with Crippen molar-refractivity contribution in [1.82, 2.24) is 0 Å². The lowest BCUT2D eigenvalue weighted by Crippen LogP contribution is -2.30. The number of anilines is 1. The molecule has 1 N–H and O–H groups in total. The van der Waals surface area contributed by atoms with Crippen LogP contribution in [0.3, 0.4) is 0 Å². The number of halogens is 2. The first-order chi connectivity index (χ1) is 10.5. The summed E-state index contributed by atoms with van der Waals surface area (Å²) in [5, 5.41) is 3.60. The molecule has 2 rings (SSSR count). The minimum atomic E-state index is -0.708. The van der Waals surface area contributed by atoms with E-state index in [4.69, 9.17) is 32.7 Å². The first-order valence-electron chi connectivity index (χ1n) is 6.57. The largest absolute Gasteiger partial charge is 0.495 e. The lowest BCUT2D eigenvalue weighted by Gasteiger charge is -2.16. The maximum Gasteiger partial charge on any atom is 0.265 e. The van der Waals surface area contributed by atoms with E-state index in [2.05, 4.69) is 5.32 Å². The smallest absolute Gasteiger partial charge is 0.265 e. The van der Waals surface area contributed by atoms with Crippen LogP contribution in [-0.2, 0) is 4.79 Å². The van der Waals surface area contributed by atoms with Crippen LogP contribution >= 0.6 is 23.2 Å². The Hall–Kier alpha value is -1.91. The average molecular weight is 340 g/mol. The fourth-order valence-corrected chi connectivity index (χ4v) is 2.21. The molecular formula is C16H15Cl2NO3. The van der Waals surface area contributed by atoms with Gasteiger partial charge in [0.2, 0.25) is 0 Å². The summed E-state index contributed by atoms with van der Waals surface area (Å²) in [4.78, 5) is 12.1. The van der Waals surface area contributed by atoms with Crippen molar-refractivity contribution >= 4 is 34.8 Å². The lowest BCUT2D eigenvalue weighted by molar-refractivity contribution is -0.122. The number of carbonyl (C=O) groups is 1. The van der Waals surface area contributed by atoms with E-state index in [1.807, 2.05) is 0 Å².